The first-order valence-corrected chi connectivity index (χ1v) is 8.62. The van der Waals surface area contributed by atoms with Gasteiger partial charge in [0.25, 0.3) is 0 Å². The van der Waals surface area contributed by atoms with E-state index in [2.05, 4.69) is 15.8 Å². The summed E-state index contributed by atoms with van der Waals surface area (Å²) in [6.07, 6.45) is -0.154. The summed E-state index contributed by atoms with van der Waals surface area (Å²) < 4.78 is 0. The Labute approximate surface area is 165 Å². The molecule has 0 heterocycles. The van der Waals surface area contributed by atoms with Crippen molar-refractivity contribution in [2.75, 3.05) is 5.32 Å². The normalized spacial score (nSPS) is 11.1. The number of carbonyl (C=O) groups is 2. The SMILES string of the molecule is CC(=NNC(=O)CCC(=O)Nc1ccc(Cl)cc1Cl)c1ccc(O)cc1O. The van der Waals surface area contributed by atoms with Gasteiger partial charge in [0.05, 0.1) is 16.4 Å². The van der Waals surface area contributed by atoms with Crippen LogP contribution in [0.25, 0.3) is 0 Å². The molecule has 2 rings (SSSR count). The molecule has 9 heteroatoms. The number of carbonyl (C=O) groups excluding carboxylic acids is 2. The molecule has 0 aliphatic heterocycles. The molecule has 0 aliphatic carbocycles. The van der Waals surface area contributed by atoms with Crippen LogP contribution in [0.3, 0.4) is 0 Å². The van der Waals surface area contributed by atoms with Crippen molar-refractivity contribution in [3.8, 4) is 11.5 Å². The molecule has 0 aromatic heterocycles. The fraction of sp³-hybridized carbons (Fsp3) is 0.167. The van der Waals surface area contributed by atoms with Crippen LogP contribution in [0, 0.1) is 0 Å². The van der Waals surface area contributed by atoms with Gasteiger partial charge < -0.3 is 15.5 Å². The van der Waals surface area contributed by atoms with E-state index in [4.69, 9.17) is 23.2 Å². The predicted molar refractivity (Wildman–Crippen MR) is 104 cm³/mol. The smallest absolute Gasteiger partial charge is 0.240 e. The molecule has 2 aromatic carbocycles. The van der Waals surface area contributed by atoms with Crippen LogP contribution in [0.4, 0.5) is 5.69 Å². The summed E-state index contributed by atoms with van der Waals surface area (Å²) in [5, 5.41) is 26.3. The van der Waals surface area contributed by atoms with E-state index in [1.807, 2.05) is 0 Å². The third-order valence-electron chi connectivity index (χ3n) is 3.50. The van der Waals surface area contributed by atoms with E-state index in [1.165, 1.54) is 24.3 Å². The monoisotopic (exact) mass is 409 g/mol. The van der Waals surface area contributed by atoms with E-state index in [1.54, 1.807) is 19.1 Å². The van der Waals surface area contributed by atoms with Gasteiger partial charge in [-0.15, -0.1) is 0 Å². The fourth-order valence-electron chi connectivity index (χ4n) is 2.12. The van der Waals surface area contributed by atoms with Crippen molar-refractivity contribution < 1.29 is 19.8 Å². The van der Waals surface area contributed by atoms with E-state index < -0.39 is 5.91 Å². The minimum atomic E-state index is -0.468. The molecular formula is C18H17Cl2N3O4. The Morgan fingerprint density at radius 2 is 1.74 bits per heavy atom. The van der Waals surface area contributed by atoms with Gasteiger partial charge in [0.15, 0.2) is 0 Å². The maximum atomic E-state index is 11.9. The van der Waals surface area contributed by atoms with E-state index >= 15 is 0 Å². The van der Waals surface area contributed by atoms with E-state index in [0.29, 0.717) is 27.0 Å². The number of rotatable bonds is 6. The van der Waals surface area contributed by atoms with Gasteiger partial charge in [-0.05, 0) is 37.3 Å². The van der Waals surface area contributed by atoms with Gasteiger partial charge in [-0.1, -0.05) is 23.2 Å². The van der Waals surface area contributed by atoms with Gasteiger partial charge in [0, 0.05) is 29.5 Å². The molecule has 27 heavy (non-hydrogen) atoms. The molecule has 2 amide bonds. The van der Waals surface area contributed by atoms with Crippen molar-refractivity contribution in [3.63, 3.8) is 0 Å². The number of hydrogen-bond acceptors (Lipinski definition) is 5. The number of phenols is 2. The molecule has 142 valence electrons. The lowest BCUT2D eigenvalue weighted by Gasteiger charge is -2.08. The van der Waals surface area contributed by atoms with Crippen molar-refractivity contribution in [3.05, 3.63) is 52.0 Å². The first-order valence-electron chi connectivity index (χ1n) is 7.86. The average Bonchev–Trinajstić information content (AvgIpc) is 2.60. The van der Waals surface area contributed by atoms with Crippen LogP contribution in [0.1, 0.15) is 25.3 Å². The summed E-state index contributed by atoms with van der Waals surface area (Å²) in [4.78, 5) is 23.8. The number of aromatic hydroxyl groups is 2. The zero-order chi connectivity index (χ0) is 20.0. The predicted octanol–water partition coefficient (Wildman–Crippen LogP) is 3.66. The third-order valence-corrected chi connectivity index (χ3v) is 4.05. The number of phenolic OH excluding ortho intramolecular Hbond substituents is 2. The van der Waals surface area contributed by atoms with Crippen molar-refractivity contribution >= 4 is 46.4 Å². The standard InChI is InChI=1S/C18H17Cl2N3O4/c1-10(13-4-3-12(24)9-16(13)25)22-23-18(27)7-6-17(26)21-15-5-2-11(19)8-14(15)20/h2-5,8-9,24-25H,6-7H2,1H3,(H,21,26)(H,23,27). The Hall–Kier alpha value is -2.77. The Balaban J connectivity index is 1.85. The maximum Gasteiger partial charge on any atom is 0.240 e. The summed E-state index contributed by atoms with van der Waals surface area (Å²) in [7, 11) is 0. The van der Waals surface area contributed by atoms with Crippen LogP contribution in [-0.4, -0.2) is 27.7 Å². The highest BCUT2D eigenvalue weighted by atomic mass is 35.5. The van der Waals surface area contributed by atoms with Crippen LogP contribution < -0.4 is 10.7 Å². The Kier molecular flexibility index (Phi) is 7.04. The molecule has 0 bridgehead atoms. The number of anilines is 1. The lowest BCUT2D eigenvalue weighted by molar-refractivity contribution is -0.124. The first-order chi connectivity index (χ1) is 12.8. The van der Waals surface area contributed by atoms with Crippen molar-refractivity contribution in [1.29, 1.82) is 0 Å². The molecule has 0 unspecified atom stereocenters. The largest absolute Gasteiger partial charge is 0.508 e. The van der Waals surface area contributed by atoms with Gasteiger partial charge in [-0.2, -0.15) is 5.10 Å². The summed E-state index contributed by atoms with van der Waals surface area (Å²) in [5.74, 6) is -1.10. The average molecular weight is 410 g/mol. The lowest BCUT2D eigenvalue weighted by atomic mass is 10.1. The molecule has 2 aromatic rings. The molecule has 0 fully saturated rings. The van der Waals surface area contributed by atoms with Gasteiger partial charge in [-0.3, -0.25) is 9.59 Å². The van der Waals surface area contributed by atoms with Gasteiger partial charge in [0.1, 0.15) is 11.5 Å². The zero-order valence-electron chi connectivity index (χ0n) is 14.3. The molecule has 4 N–H and O–H groups in total. The molecule has 0 spiro atoms. The number of amides is 2. The summed E-state index contributed by atoms with van der Waals surface area (Å²) >= 11 is 11.8. The number of hydrogen-bond donors (Lipinski definition) is 4. The van der Waals surface area contributed by atoms with Crippen LogP contribution >= 0.6 is 23.2 Å². The molecule has 0 saturated carbocycles. The highest BCUT2D eigenvalue weighted by molar-refractivity contribution is 6.36. The lowest BCUT2D eigenvalue weighted by Crippen LogP contribution is -2.21. The quantitative estimate of drug-likeness (QED) is 0.430. The molecular weight excluding hydrogens is 393 g/mol. The first kappa shape index (κ1) is 20.5. The van der Waals surface area contributed by atoms with E-state index in [9.17, 15) is 19.8 Å². The number of benzene rings is 2. The maximum absolute atomic E-state index is 11.9. The molecule has 7 nitrogen and oxygen atoms in total. The minimum absolute atomic E-state index is 0.0657. The zero-order valence-corrected chi connectivity index (χ0v) is 15.8. The van der Waals surface area contributed by atoms with Crippen LogP contribution in [0.15, 0.2) is 41.5 Å². The fourth-order valence-corrected chi connectivity index (χ4v) is 2.57. The van der Waals surface area contributed by atoms with Crippen molar-refractivity contribution in [2.24, 2.45) is 5.10 Å². The highest BCUT2D eigenvalue weighted by Gasteiger charge is 2.10. The Morgan fingerprint density at radius 1 is 1.04 bits per heavy atom. The van der Waals surface area contributed by atoms with Gasteiger partial charge >= 0.3 is 0 Å². The second kappa shape index (κ2) is 9.25. The summed E-state index contributed by atoms with van der Waals surface area (Å²) in [5.41, 5.74) is 3.43. The third kappa shape index (κ3) is 6.16. The highest BCUT2D eigenvalue weighted by Crippen LogP contribution is 2.25. The van der Waals surface area contributed by atoms with E-state index in [-0.39, 0.29) is 30.2 Å². The number of nitrogens with zero attached hydrogens (tertiary/aromatic N) is 1. The minimum Gasteiger partial charge on any atom is -0.508 e. The van der Waals surface area contributed by atoms with E-state index in [0.717, 1.165) is 0 Å². The van der Waals surface area contributed by atoms with Gasteiger partial charge in [0.2, 0.25) is 11.8 Å². The second-order valence-corrected chi connectivity index (χ2v) is 6.45. The Bertz CT molecular complexity index is 900. The van der Waals surface area contributed by atoms with Crippen molar-refractivity contribution in [1.82, 2.24) is 5.43 Å². The number of nitrogens with one attached hydrogen (secondary N) is 2. The second-order valence-electron chi connectivity index (χ2n) is 5.61. The van der Waals surface area contributed by atoms with Crippen LogP contribution in [-0.2, 0) is 9.59 Å². The molecule has 0 aliphatic rings. The summed E-state index contributed by atoms with van der Waals surface area (Å²) in [6.45, 7) is 1.58. The molecule has 0 atom stereocenters. The molecule has 0 radical (unpaired) electrons. The Morgan fingerprint density at radius 3 is 2.41 bits per heavy atom. The summed E-state index contributed by atoms with van der Waals surface area (Å²) in [6, 6.07) is 8.69. The van der Waals surface area contributed by atoms with Crippen molar-refractivity contribution in [2.45, 2.75) is 19.8 Å². The number of halogens is 2. The molecule has 0 saturated heterocycles. The topological polar surface area (TPSA) is 111 Å². The van der Waals surface area contributed by atoms with Crippen LogP contribution in [0.5, 0.6) is 11.5 Å². The van der Waals surface area contributed by atoms with Gasteiger partial charge in [-0.25, -0.2) is 5.43 Å². The number of hydrazone groups is 1. The van der Waals surface area contributed by atoms with Crippen LogP contribution in [0.2, 0.25) is 10.0 Å².